The molecule has 1 fully saturated rings. The summed E-state index contributed by atoms with van der Waals surface area (Å²) >= 11 is 0. The van der Waals surface area contributed by atoms with Gasteiger partial charge in [0.25, 0.3) is 5.91 Å². The van der Waals surface area contributed by atoms with E-state index < -0.39 is 0 Å². The van der Waals surface area contributed by atoms with Crippen molar-refractivity contribution < 1.29 is 14.3 Å². The Bertz CT molecular complexity index is 451. The molecule has 0 aliphatic carbocycles. The van der Waals surface area contributed by atoms with Crippen molar-refractivity contribution in [2.45, 2.75) is 25.8 Å². The summed E-state index contributed by atoms with van der Waals surface area (Å²) in [5, 5.41) is 6.36. The molecule has 6 heteroatoms. The smallest absolute Gasteiger partial charge is 0.255 e. The molecule has 1 aromatic carbocycles. The van der Waals surface area contributed by atoms with E-state index in [1.165, 1.54) is 0 Å². The van der Waals surface area contributed by atoms with Crippen LogP contribution in [0.1, 0.15) is 30.1 Å². The highest BCUT2D eigenvalue weighted by Gasteiger charge is 2.18. The van der Waals surface area contributed by atoms with E-state index in [0.29, 0.717) is 31.1 Å². The topological polar surface area (TPSA) is 59.6 Å². The van der Waals surface area contributed by atoms with Crippen molar-refractivity contribution >= 4 is 18.3 Å². The fraction of sp³-hybridized carbons (Fsp3) is 0.562. The van der Waals surface area contributed by atoms with Crippen LogP contribution in [-0.2, 0) is 4.74 Å². The molecule has 1 aliphatic rings. The summed E-state index contributed by atoms with van der Waals surface area (Å²) in [6.45, 7) is 5.45. The van der Waals surface area contributed by atoms with Gasteiger partial charge in [-0.25, -0.2) is 0 Å². The quantitative estimate of drug-likeness (QED) is 0.752. The van der Waals surface area contributed by atoms with Crippen LogP contribution in [0, 0.1) is 0 Å². The molecule has 0 spiro atoms. The number of carbonyl (C=O) groups excluding carboxylic acids is 1. The summed E-state index contributed by atoms with van der Waals surface area (Å²) in [4.78, 5) is 12.4. The summed E-state index contributed by atoms with van der Waals surface area (Å²) in [5.41, 5.74) is 0.583. The van der Waals surface area contributed by atoms with Gasteiger partial charge in [0.05, 0.1) is 12.2 Å². The Morgan fingerprint density at radius 1 is 1.36 bits per heavy atom. The van der Waals surface area contributed by atoms with E-state index in [1.54, 1.807) is 6.07 Å². The Labute approximate surface area is 138 Å². The largest absolute Gasteiger partial charge is 0.490 e. The highest BCUT2D eigenvalue weighted by Crippen LogP contribution is 2.18. The number of nitrogens with one attached hydrogen (secondary N) is 2. The minimum Gasteiger partial charge on any atom is -0.490 e. The van der Waals surface area contributed by atoms with Crippen molar-refractivity contribution in [1.82, 2.24) is 10.6 Å². The number of ether oxygens (including phenoxy) is 2. The second-order valence-electron chi connectivity index (χ2n) is 5.06. The predicted molar refractivity (Wildman–Crippen MR) is 89.0 cm³/mol. The van der Waals surface area contributed by atoms with Gasteiger partial charge in [-0.15, -0.1) is 12.4 Å². The van der Waals surface area contributed by atoms with Gasteiger partial charge < -0.3 is 20.1 Å². The van der Waals surface area contributed by atoms with Crippen molar-refractivity contribution in [1.29, 1.82) is 0 Å². The number of hydrogen-bond acceptors (Lipinski definition) is 4. The summed E-state index contributed by atoms with van der Waals surface area (Å²) in [6.07, 6.45) is 2.11. The molecule has 2 N–H and O–H groups in total. The van der Waals surface area contributed by atoms with Crippen LogP contribution < -0.4 is 15.4 Å². The Kier molecular flexibility index (Phi) is 8.89. The number of benzene rings is 1. The molecule has 22 heavy (non-hydrogen) atoms. The minimum atomic E-state index is -0.0734. The molecule has 0 saturated carbocycles. The molecular weight excluding hydrogens is 304 g/mol. The Morgan fingerprint density at radius 3 is 2.91 bits per heavy atom. The van der Waals surface area contributed by atoms with Crippen molar-refractivity contribution in [2.75, 3.05) is 32.9 Å². The van der Waals surface area contributed by atoms with Gasteiger partial charge in [0.2, 0.25) is 0 Å². The molecule has 1 heterocycles. The van der Waals surface area contributed by atoms with Gasteiger partial charge in [-0.2, -0.15) is 0 Å². The summed E-state index contributed by atoms with van der Waals surface area (Å²) < 4.78 is 10.9. The third-order valence-corrected chi connectivity index (χ3v) is 3.45. The maximum absolute atomic E-state index is 12.4. The van der Waals surface area contributed by atoms with Crippen LogP contribution in [0.2, 0.25) is 0 Å². The summed E-state index contributed by atoms with van der Waals surface area (Å²) in [7, 11) is 0. The first kappa shape index (κ1) is 18.7. The van der Waals surface area contributed by atoms with Crippen LogP contribution in [0.4, 0.5) is 0 Å². The SMILES string of the molecule is CCOCCOc1ccccc1C(=O)NC1CCCNC1.Cl. The molecule has 1 atom stereocenters. The summed E-state index contributed by atoms with van der Waals surface area (Å²) in [6, 6.07) is 7.53. The normalized spacial score (nSPS) is 17.4. The zero-order valence-corrected chi connectivity index (χ0v) is 13.8. The maximum Gasteiger partial charge on any atom is 0.255 e. The van der Waals surface area contributed by atoms with Gasteiger partial charge in [-0.3, -0.25) is 4.79 Å². The molecule has 0 radical (unpaired) electrons. The van der Waals surface area contributed by atoms with Crippen LogP contribution in [0.5, 0.6) is 5.75 Å². The van der Waals surface area contributed by atoms with Gasteiger partial charge in [0.1, 0.15) is 12.4 Å². The number of amides is 1. The first-order valence-corrected chi connectivity index (χ1v) is 7.62. The zero-order valence-electron chi connectivity index (χ0n) is 13.0. The van der Waals surface area contributed by atoms with Crippen molar-refractivity contribution in [2.24, 2.45) is 0 Å². The monoisotopic (exact) mass is 328 g/mol. The first-order chi connectivity index (χ1) is 10.3. The van der Waals surface area contributed by atoms with E-state index in [4.69, 9.17) is 9.47 Å². The molecular formula is C16H25ClN2O3. The Balaban J connectivity index is 0.00000242. The van der Waals surface area contributed by atoms with E-state index in [1.807, 2.05) is 25.1 Å². The molecule has 2 rings (SSSR count). The fourth-order valence-electron chi connectivity index (χ4n) is 2.37. The van der Waals surface area contributed by atoms with Gasteiger partial charge in [0.15, 0.2) is 0 Å². The molecule has 1 saturated heterocycles. The van der Waals surface area contributed by atoms with Gasteiger partial charge >= 0.3 is 0 Å². The Morgan fingerprint density at radius 2 is 2.18 bits per heavy atom. The van der Waals surface area contributed by atoms with Gasteiger partial charge in [0, 0.05) is 19.2 Å². The lowest BCUT2D eigenvalue weighted by molar-refractivity contribution is 0.0915. The molecule has 1 unspecified atom stereocenters. The molecule has 124 valence electrons. The highest BCUT2D eigenvalue weighted by atomic mass is 35.5. The number of para-hydroxylation sites is 1. The predicted octanol–water partition coefficient (Wildman–Crippen LogP) is 2.01. The third-order valence-electron chi connectivity index (χ3n) is 3.45. The molecule has 1 aliphatic heterocycles. The van der Waals surface area contributed by atoms with Crippen LogP contribution in [-0.4, -0.2) is 44.9 Å². The number of rotatable bonds is 7. The minimum absolute atomic E-state index is 0. The second kappa shape index (κ2) is 10.4. The zero-order chi connectivity index (χ0) is 14.9. The van der Waals surface area contributed by atoms with E-state index in [-0.39, 0.29) is 24.4 Å². The van der Waals surface area contributed by atoms with E-state index in [2.05, 4.69) is 10.6 Å². The molecule has 5 nitrogen and oxygen atoms in total. The van der Waals surface area contributed by atoms with E-state index in [9.17, 15) is 4.79 Å². The average molecular weight is 329 g/mol. The third kappa shape index (κ3) is 5.83. The van der Waals surface area contributed by atoms with Gasteiger partial charge in [-0.05, 0) is 38.4 Å². The molecule has 1 amide bonds. The highest BCUT2D eigenvalue weighted by molar-refractivity contribution is 5.97. The number of piperidine rings is 1. The van der Waals surface area contributed by atoms with Crippen molar-refractivity contribution in [3.63, 3.8) is 0 Å². The lowest BCUT2D eigenvalue weighted by atomic mass is 10.1. The molecule has 0 bridgehead atoms. The average Bonchev–Trinajstić information content (AvgIpc) is 2.53. The van der Waals surface area contributed by atoms with E-state index >= 15 is 0 Å². The van der Waals surface area contributed by atoms with Crippen LogP contribution >= 0.6 is 12.4 Å². The number of hydrogen-bond donors (Lipinski definition) is 2. The second-order valence-corrected chi connectivity index (χ2v) is 5.06. The number of halogens is 1. The standard InChI is InChI=1S/C16H24N2O3.ClH/c1-2-20-10-11-21-15-8-4-3-7-14(15)16(19)18-13-6-5-9-17-12-13;/h3-4,7-8,13,17H,2,5-6,9-12H2,1H3,(H,18,19);1H. The van der Waals surface area contributed by atoms with Crippen molar-refractivity contribution in [3.8, 4) is 5.75 Å². The van der Waals surface area contributed by atoms with Gasteiger partial charge in [-0.1, -0.05) is 12.1 Å². The number of carbonyl (C=O) groups is 1. The van der Waals surface area contributed by atoms with Crippen LogP contribution in [0.3, 0.4) is 0 Å². The summed E-state index contributed by atoms with van der Waals surface area (Å²) in [5.74, 6) is 0.536. The lowest BCUT2D eigenvalue weighted by Gasteiger charge is -2.24. The van der Waals surface area contributed by atoms with E-state index in [0.717, 1.165) is 25.9 Å². The molecule has 0 aromatic heterocycles. The van der Waals surface area contributed by atoms with Crippen molar-refractivity contribution in [3.05, 3.63) is 29.8 Å². The first-order valence-electron chi connectivity index (χ1n) is 7.62. The fourth-order valence-corrected chi connectivity index (χ4v) is 2.37. The molecule has 1 aromatic rings. The van der Waals surface area contributed by atoms with Crippen LogP contribution in [0.15, 0.2) is 24.3 Å². The lowest BCUT2D eigenvalue weighted by Crippen LogP contribution is -2.45. The maximum atomic E-state index is 12.4. The van der Waals surface area contributed by atoms with Crippen LogP contribution in [0.25, 0.3) is 0 Å². The Hall–Kier alpha value is -1.30.